The minimum absolute atomic E-state index is 0.125. The van der Waals surface area contributed by atoms with Crippen LogP contribution in [0.5, 0.6) is 5.75 Å². The van der Waals surface area contributed by atoms with Crippen molar-refractivity contribution in [1.82, 2.24) is 4.90 Å². The van der Waals surface area contributed by atoms with Gasteiger partial charge < -0.3 is 26.2 Å². The SMILES string of the molecule is CC1c2cccc(O)c2C(=O)C2C[C@]3(O)C(O)=C(C(N)=O)C(=O)[C@@H](N(C)C)C3C(O)C21. The highest BCUT2D eigenvalue weighted by Crippen LogP contribution is 2.56. The summed E-state index contributed by atoms with van der Waals surface area (Å²) < 4.78 is 0. The number of rotatable bonds is 2. The molecule has 3 aliphatic rings. The van der Waals surface area contributed by atoms with Crippen LogP contribution >= 0.6 is 0 Å². The van der Waals surface area contributed by atoms with Gasteiger partial charge in [-0.25, -0.2) is 0 Å². The van der Waals surface area contributed by atoms with E-state index in [1.807, 2.05) is 6.92 Å². The Morgan fingerprint density at radius 1 is 1.19 bits per heavy atom. The summed E-state index contributed by atoms with van der Waals surface area (Å²) in [5, 5.41) is 44.1. The van der Waals surface area contributed by atoms with Crippen LogP contribution < -0.4 is 5.73 Å². The highest BCUT2D eigenvalue weighted by molar-refractivity contribution is 6.22. The fourth-order valence-electron chi connectivity index (χ4n) is 6.02. The highest BCUT2D eigenvalue weighted by Gasteiger charge is 2.65. The number of aliphatic hydroxyl groups is 3. The second kappa shape index (κ2) is 6.88. The van der Waals surface area contributed by atoms with E-state index in [1.165, 1.54) is 11.0 Å². The van der Waals surface area contributed by atoms with E-state index in [4.69, 9.17) is 5.73 Å². The average Bonchev–Trinajstić information content (AvgIpc) is 2.67. The fourth-order valence-corrected chi connectivity index (χ4v) is 6.02. The summed E-state index contributed by atoms with van der Waals surface area (Å²) in [6, 6.07) is 3.58. The Kier molecular flexibility index (Phi) is 4.77. The van der Waals surface area contributed by atoms with Gasteiger partial charge in [0.25, 0.3) is 5.91 Å². The number of benzene rings is 1. The molecule has 0 heterocycles. The number of aromatic hydroxyl groups is 1. The molecular formula is C22H26N2O7. The second-order valence-corrected chi connectivity index (χ2v) is 9.08. The molecule has 9 nitrogen and oxygen atoms in total. The first-order valence-electron chi connectivity index (χ1n) is 10.1. The lowest BCUT2D eigenvalue weighted by Gasteiger charge is -2.56. The average molecular weight is 430 g/mol. The van der Waals surface area contributed by atoms with Gasteiger partial charge in [0.15, 0.2) is 11.6 Å². The molecule has 6 N–H and O–H groups in total. The van der Waals surface area contributed by atoms with Gasteiger partial charge in [0.05, 0.1) is 17.7 Å². The number of hydrogen-bond donors (Lipinski definition) is 5. The van der Waals surface area contributed by atoms with Gasteiger partial charge in [0.1, 0.15) is 22.7 Å². The Morgan fingerprint density at radius 2 is 1.84 bits per heavy atom. The number of primary amides is 1. The highest BCUT2D eigenvalue weighted by atomic mass is 16.3. The van der Waals surface area contributed by atoms with E-state index in [0.29, 0.717) is 5.56 Å². The van der Waals surface area contributed by atoms with Crippen molar-refractivity contribution < 1.29 is 34.8 Å². The number of likely N-dealkylation sites (N-methyl/N-ethyl adjacent to an activating group) is 1. The fraction of sp³-hybridized carbons (Fsp3) is 0.500. The Bertz CT molecular complexity index is 1030. The van der Waals surface area contributed by atoms with E-state index in [2.05, 4.69) is 0 Å². The van der Waals surface area contributed by atoms with E-state index in [9.17, 15) is 34.8 Å². The molecule has 166 valence electrons. The molecule has 4 rings (SSSR count). The number of nitrogens with zero attached hydrogens (tertiary/aromatic N) is 1. The number of carbonyl (C=O) groups excluding carboxylic acids is 3. The third-order valence-corrected chi connectivity index (χ3v) is 7.34. The Labute approximate surface area is 178 Å². The maximum Gasteiger partial charge on any atom is 0.255 e. The summed E-state index contributed by atoms with van der Waals surface area (Å²) in [7, 11) is 3.12. The van der Waals surface area contributed by atoms with Crippen LogP contribution in [0.2, 0.25) is 0 Å². The van der Waals surface area contributed by atoms with Crippen molar-refractivity contribution in [2.24, 2.45) is 23.5 Å². The number of carbonyl (C=O) groups is 3. The first kappa shape index (κ1) is 21.5. The maximum absolute atomic E-state index is 13.3. The lowest BCUT2D eigenvalue weighted by molar-refractivity contribution is -0.174. The summed E-state index contributed by atoms with van der Waals surface area (Å²) in [5.74, 6) is -6.70. The second-order valence-electron chi connectivity index (χ2n) is 9.08. The van der Waals surface area contributed by atoms with Crippen LogP contribution in [0.15, 0.2) is 29.5 Å². The van der Waals surface area contributed by atoms with Crippen LogP contribution in [-0.2, 0) is 9.59 Å². The summed E-state index contributed by atoms with van der Waals surface area (Å²) in [6.07, 6.45) is -1.68. The number of amides is 1. The maximum atomic E-state index is 13.3. The van der Waals surface area contributed by atoms with E-state index in [0.717, 1.165) is 0 Å². The zero-order valence-corrected chi connectivity index (χ0v) is 17.4. The summed E-state index contributed by atoms with van der Waals surface area (Å²) in [5.41, 5.74) is 3.09. The summed E-state index contributed by atoms with van der Waals surface area (Å²) in [6.45, 7) is 1.82. The predicted octanol–water partition coefficient (Wildman–Crippen LogP) is -0.153. The molecule has 7 atom stereocenters. The zero-order valence-electron chi connectivity index (χ0n) is 17.4. The Balaban J connectivity index is 1.94. The minimum atomic E-state index is -2.22. The first-order chi connectivity index (χ1) is 14.4. The van der Waals surface area contributed by atoms with Gasteiger partial charge >= 0.3 is 0 Å². The topological polar surface area (TPSA) is 161 Å². The molecule has 31 heavy (non-hydrogen) atoms. The number of nitrogens with two attached hydrogens (primary N) is 1. The molecule has 0 bridgehead atoms. The van der Waals surface area contributed by atoms with E-state index < -0.39 is 64.3 Å². The van der Waals surface area contributed by atoms with Gasteiger partial charge in [0, 0.05) is 17.8 Å². The number of phenols is 1. The van der Waals surface area contributed by atoms with Crippen molar-refractivity contribution in [2.75, 3.05) is 14.1 Å². The Hall–Kier alpha value is -2.75. The molecule has 0 aromatic heterocycles. The summed E-state index contributed by atoms with van der Waals surface area (Å²) >= 11 is 0. The van der Waals surface area contributed by atoms with Crippen molar-refractivity contribution in [3.8, 4) is 5.75 Å². The minimum Gasteiger partial charge on any atom is -0.508 e. The number of hydrogen-bond acceptors (Lipinski definition) is 8. The molecule has 1 saturated carbocycles. The van der Waals surface area contributed by atoms with Gasteiger partial charge in [-0.2, -0.15) is 0 Å². The molecule has 3 aliphatic carbocycles. The van der Waals surface area contributed by atoms with Crippen molar-refractivity contribution in [3.63, 3.8) is 0 Å². The van der Waals surface area contributed by atoms with E-state index >= 15 is 0 Å². The van der Waals surface area contributed by atoms with Crippen LogP contribution in [-0.4, -0.2) is 74.6 Å². The Morgan fingerprint density at radius 3 is 2.42 bits per heavy atom. The molecule has 1 fully saturated rings. The molecule has 0 aliphatic heterocycles. The molecular weight excluding hydrogens is 404 g/mol. The van der Waals surface area contributed by atoms with Crippen LogP contribution in [0.1, 0.15) is 35.2 Å². The van der Waals surface area contributed by atoms with Crippen molar-refractivity contribution in [1.29, 1.82) is 0 Å². The van der Waals surface area contributed by atoms with Crippen LogP contribution in [0.25, 0.3) is 0 Å². The molecule has 1 amide bonds. The van der Waals surface area contributed by atoms with Gasteiger partial charge in [-0.05, 0) is 38.1 Å². The van der Waals surface area contributed by atoms with Gasteiger partial charge in [-0.3, -0.25) is 19.3 Å². The number of phenolic OH excluding ortho intramolecular Hbond substituents is 1. The number of ketones is 2. The number of fused-ring (bicyclic) bond motifs is 3. The third-order valence-electron chi connectivity index (χ3n) is 7.34. The smallest absolute Gasteiger partial charge is 0.255 e. The number of aliphatic hydroxyl groups excluding tert-OH is 2. The summed E-state index contributed by atoms with van der Waals surface area (Å²) in [4.78, 5) is 39.8. The lowest BCUT2D eigenvalue weighted by Crippen LogP contribution is -2.68. The standard InChI is InChI=1S/C22H26N2O7/c1-8-9-5-4-6-11(25)13(9)17(26)10-7-22(31)15(18(27)12(8)10)16(24(2)3)19(28)14(20(22)29)21(23)30/h4-6,8,10,12,15-16,18,25,27,29,31H,7H2,1-3H3,(H2,23,30)/t8?,10?,12?,15?,16-,18?,22+/m0/s1. The van der Waals surface area contributed by atoms with Crippen molar-refractivity contribution in [2.45, 2.75) is 37.0 Å². The predicted molar refractivity (Wildman–Crippen MR) is 108 cm³/mol. The van der Waals surface area contributed by atoms with Gasteiger partial charge in [0.2, 0.25) is 0 Å². The molecule has 0 radical (unpaired) electrons. The van der Waals surface area contributed by atoms with E-state index in [-0.39, 0.29) is 23.7 Å². The molecule has 0 saturated heterocycles. The monoisotopic (exact) mass is 430 g/mol. The molecule has 0 spiro atoms. The van der Waals surface area contributed by atoms with Crippen LogP contribution in [0, 0.1) is 17.8 Å². The van der Waals surface area contributed by atoms with E-state index in [1.54, 1.807) is 26.2 Å². The lowest BCUT2D eigenvalue weighted by atomic mass is 9.52. The van der Waals surface area contributed by atoms with Gasteiger partial charge in [-0.1, -0.05) is 19.1 Å². The normalized spacial score (nSPS) is 37.4. The molecule has 5 unspecified atom stereocenters. The largest absolute Gasteiger partial charge is 0.508 e. The molecule has 1 aromatic rings. The van der Waals surface area contributed by atoms with Crippen molar-refractivity contribution in [3.05, 3.63) is 40.7 Å². The van der Waals surface area contributed by atoms with Crippen LogP contribution in [0.4, 0.5) is 0 Å². The quantitative estimate of drug-likeness (QED) is 0.405. The van der Waals surface area contributed by atoms with Crippen molar-refractivity contribution >= 4 is 17.5 Å². The van der Waals surface area contributed by atoms with Gasteiger partial charge in [-0.15, -0.1) is 0 Å². The third kappa shape index (κ3) is 2.70. The molecule has 1 aromatic carbocycles. The van der Waals surface area contributed by atoms with Crippen LogP contribution in [0.3, 0.4) is 0 Å². The first-order valence-corrected chi connectivity index (χ1v) is 10.1. The zero-order chi connectivity index (χ0) is 23.0. The molecule has 9 heteroatoms. The number of Topliss-reactive ketones (excluding diaryl/α,β-unsaturated/α-hetero) is 2.